The third-order valence-electron chi connectivity index (χ3n) is 2.04. The summed E-state index contributed by atoms with van der Waals surface area (Å²) in [6.07, 6.45) is 0. The molecule has 0 saturated carbocycles. The van der Waals surface area contributed by atoms with E-state index in [0.717, 1.165) is 0 Å². The molecule has 2 rings (SSSR count). The molecule has 0 atom stereocenters. The van der Waals surface area contributed by atoms with E-state index in [1.165, 1.54) is 18.2 Å². The topological polar surface area (TPSA) is 84.8 Å². The van der Waals surface area contributed by atoms with Crippen LogP contribution in [0.1, 0.15) is 6.92 Å². The first-order valence-electron chi connectivity index (χ1n) is 4.84. The van der Waals surface area contributed by atoms with E-state index in [1.807, 2.05) is 0 Å². The van der Waals surface area contributed by atoms with Crippen molar-refractivity contribution < 1.29 is 50.7 Å². The number of ether oxygens (including phenoxy) is 1. The molecule has 0 spiro atoms. The van der Waals surface area contributed by atoms with E-state index in [9.17, 15) is 13.2 Å². The van der Waals surface area contributed by atoms with Crippen molar-refractivity contribution in [2.24, 2.45) is 4.40 Å². The van der Waals surface area contributed by atoms with Crippen molar-refractivity contribution in [2.75, 3.05) is 11.9 Å². The number of carbonyl (C=O) groups is 1. The van der Waals surface area contributed by atoms with Crippen LogP contribution in [0.5, 0.6) is 0 Å². The quantitative estimate of drug-likeness (QED) is 0.627. The van der Waals surface area contributed by atoms with Gasteiger partial charge < -0.3 is 10.1 Å². The summed E-state index contributed by atoms with van der Waals surface area (Å²) in [5, 5.41) is 2.61. The first-order chi connectivity index (χ1) is 8.04. The molecule has 1 aromatic rings. The van der Waals surface area contributed by atoms with E-state index in [0.29, 0.717) is 5.69 Å². The van der Waals surface area contributed by atoms with Crippen molar-refractivity contribution in [1.29, 1.82) is 0 Å². The average Bonchev–Trinajstić information content (AvgIpc) is 2.28. The number of hydrogen-bond acceptors (Lipinski definition) is 5. The van der Waals surface area contributed by atoms with E-state index >= 15 is 0 Å². The molecule has 1 aliphatic heterocycles. The minimum Gasteiger partial charge on any atom is -0.460 e. The van der Waals surface area contributed by atoms with Crippen LogP contribution in [-0.2, 0) is 52.3 Å². The summed E-state index contributed by atoms with van der Waals surface area (Å²) >= 11 is 0. The van der Waals surface area contributed by atoms with Crippen LogP contribution in [0.4, 0.5) is 5.69 Å². The van der Waals surface area contributed by atoms with E-state index in [1.54, 1.807) is 6.92 Å². The molecular formula is C10H9N2O4SY-. The molecule has 0 amide bonds. The predicted molar refractivity (Wildman–Crippen MR) is 60.2 cm³/mol. The summed E-state index contributed by atoms with van der Waals surface area (Å²) in [6.45, 7) is 1.77. The van der Waals surface area contributed by atoms with E-state index in [4.69, 9.17) is 0 Å². The van der Waals surface area contributed by atoms with Crippen molar-refractivity contribution in [3.05, 3.63) is 24.3 Å². The zero-order valence-electron chi connectivity index (χ0n) is 9.50. The molecule has 8 heteroatoms. The molecule has 1 heterocycles. The molecule has 0 aliphatic carbocycles. The zero-order chi connectivity index (χ0) is 12.5. The van der Waals surface area contributed by atoms with Gasteiger partial charge in [-0.1, -0.05) is 0 Å². The maximum Gasteiger partial charge on any atom is 0.375 e. The van der Waals surface area contributed by atoms with Crippen molar-refractivity contribution in [1.82, 2.24) is 0 Å². The standard InChI is InChI=1S/C10H9N2O4S.Y/c1-2-16-10(13)9-11-7-5-3-4-6-8(7)17(14,15)12-9;/h3,5-6H,2H2,1H3,(H,11,12);/q-1;. The maximum atomic E-state index is 11.7. The van der Waals surface area contributed by atoms with Gasteiger partial charge in [0.25, 0.3) is 0 Å². The van der Waals surface area contributed by atoms with Crippen LogP contribution in [0.25, 0.3) is 0 Å². The Bertz CT molecular complexity index is 598. The van der Waals surface area contributed by atoms with Gasteiger partial charge in [-0.05, 0) is 12.6 Å². The van der Waals surface area contributed by atoms with Gasteiger partial charge in [-0.25, -0.2) is 13.2 Å². The largest absolute Gasteiger partial charge is 0.460 e. The Morgan fingerprint density at radius 1 is 1.56 bits per heavy atom. The molecule has 0 bridgehead atoms. The number of fused-ring (bicyclic) bond motifs is 1. The monoisotopic (exact) mass is 342 g/mol. The van der Waals surface area contributed by atoms with Gasteiger partial charge in [-0.15, -0.1) is 10.5 Å². The van der Waals surface area contributed by atoms with Crippen molar-refractivity contribution in [3.63, 3.8) is 0 Å². The van der Waals surface area contributed by atoms with Crippen molar-refractivity contribution in [3.8, 4) is 0 Å². The minimum atomic E-state index is -3.86. The Labute approximate surface area is 130 Å². The van der Waals surface area contributed by atoms with Crippen LogP contribution in [-0.4, -0.2) is 26.8 Å². The molecule has 1 aliphatic rings. The number of rotatable bonds is 2. The van der Waals surface area contributed by atoms with Gasteiger partial charge in [0.2, 0.25) is 15.9 Å². The number of esters is 1. The smallest absolute Gasteiger partial charge is 0.375 e. The summed E-state index contributed by atoms with van der Waals surface area (Å²) in [6, 6.07) is 6.97. The van der Waals surface area contributed by atoms with Gasteiger partial charge in [-0.3, -0.25) is 0 Å². The fourth-order valence-corrected chi connectivity index (χ4v) is 2.41. The number of amidine groups is 1. The molecule has 0 saturated heterocycles. The predicted octanol–water partition coefficient (Wildman–Crippen LogP) is 0.560. The number of nitrogens with one attached hydrogen (secondary N) is 1. The molecule has 1 N–H and O–H groups in total. The summed E-state index contributed by atoms with van der Waals surface area (Å²) in [5.41, 5.74) is 0.293. The molecule has 1 aromatic carbocycles. The second kappa shape index (κ2) is 5.90. The number of nitrogens with zero attached hydrogens (tertiary/aromatic N) is 1. The van der Waals surface area contributed by atoms with Gasteiger partial charge in [0, 0.05) is 37.6 Å². The molecule has 1 radical (unpaired) electrons. The number of anilines is 1. The Morgan fingerprint density at radius 2 is 2.28 bits per heavy atom. The molecular weight excluding hydrogens is 333 g/mol. The second-order valence-corrected chi connectivity index (χ2v) is 4.76. The summed E-state index contributed by atoms with van der Waals surface area (Å²) < 4.78 is 31.5. The summed E-state index contributed by atoms with van der Waals surface area (Å²) in [5.74, 6) is -1.12. The van der Waals surface area contributed by atoms with Crippen molar-refractivity contribution >= 4 is 27.5 Å². The van der Waals surface area contributed by atoms with Gasteiger partial charge in [0.1, 0.15) is 0 Å². The minimum absolute atomic E-state index is 0. The third kappa shape index (κ3) is 2.96. The Balaban J connectivity index is 0.00000162. The number of carbonyl (C=O) groups excluding carboxylic acids is 1. The first kappa shape index (κ1) is 15.3. The van der Waals surface area contributed by atoms with Crippen LogP contribution in [0.3, 0.4) is 0 Å². The SMILES string of the molecule is CCOC(=O)C1=NS(=O)(=O)c2c[c-]ccc2N1.[Y]. The normalized spacial score (nSPS) is 15.5. The fraction of sp³-hybridized carbons (Fsp3) is 0.200. The first-order valence-corrected chi connectivity index (χ1v) is 6.28. The van der Waals surface area contributed by atoms with E-state index in [-0.39, 0.29) is 50.0 Å². The van der Waals surface area contributed by atoms with Crippen LogP contribution in [0.15, 0.2) is 27.5 Å². The van der Waals surface area contributed by atoms with Crippen molar-refractivity contribution in [2.45, 2.75) is 11.8 Å². The van der Waals surface area contributed by atoms with E-state index < -0.39 is 16.0 Å². The third-order valence-corrected chi connectivity index (χ3v) is 3.35. The number of sulfonamides is 1. The zero-order valence-corrected chi connectivity index (χ0v) is 13.2. The summed E-state index contributed by atoms with van der Waals surface area (Å²) in [7, 11) is -3.86. The Morgan fingerprint density at radius 3 is 2.94 bits per heavy atom. The van der Waals surface area contributed by atoms with Crippen LogP contribution < -0.4 is 5.32 Å². The number of benzene rings is 1. The molecule has 0 fully saturated rings. The maximum absolute atomic E-state index is 11.7. The van der Waals surface area contributed by atoms with Gasteiger partial charge in [0.15, 0.2) is 0 Å². The van der Waals surface area contributed by atoms with Gasteiger partial charge >= 0.3 is 5.97 Å². The number of hydrogen-bond donors (Lipinski definition) is 1. The molecule has 0 unspecified atom stereocenters. The average molecular weight is 342 g/mol. The molecule has 18 heavy (non-hydrogen) atoms. The fourth-order valence-electron chi connectivity index (χ4n) is 1.34. The van der Waals surface area contributed by atoms with Crippen LogP contribution >= 0.6 is 0 Å². The van der Waals surface area contributed by atoms with Crippen LogP contribution in [0.2, 0.25) is 0 Å². The van der Waals surface area contributed by atoms with E-state index in [2.05, 4.69) is 20.5 Å². The molecule has 93 valence electrons. The molecule has 6 nitrogen and oxygen atoms in total. The second-order valence-electron chi connectivity index (χ2n) is 3.18. The van der Waals surface area contributed by atoms with Crippen LogP contribution in [0, 0.1) is 6.07 Å². The van der Waals surface area contributed by atoms with Gasteiger partial charge in [0.05, 0.1) is 6.61 Å². The Kier molecular flexibility index (Phi) is 5.01. The summed E-state index contributed by atoms with van der Waals surface area (Å²) in [4.78, 5) is 11.4. The Hall–Kier alpha value is -0.786. The molecule has 0 aromatic heterocycles. The van der Waals surface area contributed by atoms with Gasteiger partial charge in [-0.2, -0.15) is 18.2 Å².